The van der Waals surface area contributed by atoms with Gasteiger partial charge in [0.25, 0.3) is 0 Å². The molecule has 0 aliphatic heterocycles. The van der Waals surface area contributed by atoms with Crippen molar-refractivity contribution in [1.29, 1.82) is 0 Å². The minimum absolute atomic E-state index is 0.297. The molecular formula is C16H25N5. The quantitative estimate of drug-likeness (QED) is 0.918. The predicted molar refractivity (Wildman–Crippen MR) is 85.6 cm³/mol. The first kappa shape index (κ1) is 15.5. The van der Waals surface area contributed by atoms with Gasteiger partial charge in [-0.15, -0.1) is 0 Å². The van der Waals surface area contributed by atoms with E-state index >= 15 is 0 Å². The summed E-state index contributed by atoms with van der Waals surface area (Å²) >= 11 is 0. The van der Waals surface area contributed by atoms with E-state index in [1.165, 1.54) is 11.3 Å². The largest absolute Gasteiger partial charge is 0.367 e. The second-order valence-corrected chi connectivity index (χ2v) is 5.69. The maximum atomic E-state index is 4.54. The molecule has 2 aromatic heterocycles. The molecule has 0 unspecified atom stereocenters. The molecule has 5 nitrogen and oxygen atoms in total. The van der Waals surface area contributed by atoms with Gasteiger partial charge in [-0.2, -0.15) is 5.10 Å². The van der Waals surface area contributed by atoms with Crippen molar-refractivity contribution in [3.05, 3.63) is 34.5 Å². The highest BCUT2D eigenvalue weighted by Crippen LogP contribution is 2.16. The maximum absolute atomic E-state index is 4.54. The summed E-state index contributed by atoms with van der Waals surface area (Å²) in [6, 6.07) is 2.30. The van der Waals surface area contributed by atoms with Gasteiger partial charge >= 0.3 is 0 Å². The molecule has 0 spiro atoms. The van der Waals surface area contributed by atoms with Gasteiger partial charge in [-0.25, -0.2) is 9.97 Å². The molecule has 21 heavy (non-hydrogen) atoms. The molecule has 114 valence electrons. The molecule has 0 radical (unpaired) electrons. The Bertz CT molecular complexity index is 630. The van der Waals surface area contributed by atoms with Crippen LogP contribution in [-0.2, 0) is 19.9 Å². The molecule has 2 rings (SSSR count). The monoisotopic (exact) mass is 287 g/mol. The van der Waals surface area contributed by atoms with Gasteiger partial charge in [-0.05, 0) is 39.7 Å². The lowest BCUT2D eigenvalue weighted by molar-refractivity contribution is 0.726. The van der Waals surface area contributed by atoms with Crippen LogP contribution in [0, 0.1) is 20.8 Å². The van der Waals surface area contributed by atoms with Crippen LogP contribution < -0.4 is 5.32 Å². The van der Waals surface area contributed by atoms with Crippen molar-refractivity contribution in [3.8, 4) is 0 Å². The van der Waals surface area contributed by atoms with Gasteiger partial charge in [-0.1, -0.05) is 6.92 Å². The van der Waals surface area contributed by atoms with E-state index in [4.69, 9.17) is 0 Å². The Balaban J connectivity index is 2.11. The zero-order valence-corrected chi connectivity index (χ0v) is 13.9. The lowest BCUT2D eigenvalue weighted by Gasteiger charge is -2.15. The molecule has 0 saturated carbocycles. The normalized spacial score (nSPS) is 12.5. The van der Waals surface area contributed by atoms with Crippen molar-refractivity contribution in [2.45, 2.75) is 53.5 Å². The smallest absolute Gasteiger partial charge is 0.130 e. The fourth-order valence-corrected chi connectivity index (χ4v) is 2.58. The number of hydrogen-bond acceptors (Lipinski definition) is 4. The average Bonchev–Trinajstić information content (AvgIpc) is 2.64. The van der Waals surface area contributed by atoms with Crippen LogP contribution in [0.1, 0.15) is 42.3 Å². The lowest BCUT2D eigenvalue weighted by Crippen LogP contribution is -2.20. The Morgan fingerprint density at radius 3 is 2.52 bits per heavy atom. The van der Waals surface area contributed by atoms with Gasteiger partial charge in [0.15, 0.2) is 0 Å². The second kappa shape index (κ2) is 6.24. The van der Waals surface area contributed by atoms with E-state index in [2.05, 4.69) is 48.1 Å². The minimum Gasteiger partial charge on any atom is -0.367 e. The molecular weight excluding hydrogens is 262 g/mol. The van der Waals surface area contributed by atoms with E-state index in [1.54, 1.807) is 0 Å². The fraction of sp³-hybridized carbons (Fsp3) is 0.562. The van der Waals surface area contributed by atoms with Gasteiger partial charge in [0.05, 0.1) is 5.69 Å². The zero-order chi connectivity index (χ0) is 15.6. The highest BCUT2D eigenvalue weighted by molar-refractivity contribution is 5.38. The van der Waals surface area contributed by atoms with Crippen molar-refractivity contribution in [3.63, 3.8) is 0 Å². The molecule has 2 heterocycles. The summed E-state index contributed by atoms with van der Waals surface area (Å²) in [5.41, 5.74) is 4.66. The zero-order valence-electron chi connectivity index (χ0n) is 13.9. The highest BCUT2D eigenvalue weighted by atomic mass is 15.3. The third-order valence-electron chi connectivity index (χ3n) is 3.78. The Kier molecular flexibility index (Phi) is 4.60. The number of aromatic nitrogens is 4. The van der Waals surface area contributed by atoms with Crippen molar-refractivity contribution in [1.82, 2.24) is 19.7 Å². The average molecular weight is 287 g/mol. The number of nitrogens with one attached hydrogen (secondary N) is 1. The van der Waals surface area contributed by atoms with E-state index in [0.717, 1.165) is 35.9 Å². The molecule has 0 aliphatic rings. The molecule has 1 N–H and O–H groups in total. The molecule has 0 aromatic carbocycles. The Hall–Kier alpha value is -1.91. The lowest BCUT2D eigenvalue weighted by atomic mass is 10.1. The van der Waals surface area contributed by atoms with E-state index in [9.17, 15) is 0 Å². The van der Waals surface area contributed by atoms with Gasteiger partial charge < -0.3 is 5.32 Å². The summed E-state index contributed by atoms with van der Waals surface area (Å²) in [4.78, 5) is 8.95. The molecule has 0 amide bonds. The molecule has 0 fully saturated rings. The molecule has 1 atom stereocenters. The molecule has 0 aliphatic carbocycles. The first-order valence-electron chi connectivity index (χ1n) is 7.50. The SMILES string of the molecule is CCc1nc(C)cc(N[C@@H](C)Cc2c(C)nn(C)c2C)n1. The van der Waals surface area contributed by atoms with Crippen LogP contribution in [0.25, 0.3) is 0 Å². The third-order valence-corrected chi connectivity index (χ3v) is 3.78. The van der Waals surface area contributed by atoms with Crippen LogP contribution >= 0.6 is 0 Å². The third kappa shape index (κ3) is 3.60. The van der Waals surface area contributed by atoms with Crippen LogP contribution in [-0.4, -0.2) is 25.8 Å². The first-order chi connectivity index (χ1) is 9.90. The number of anilines is 1. The van der Waals surface area contributed by atoms with Crippen LogP contribution in [0.3, 0.4) is 0 Å². The molecule has 2 aromatic rings. The van der Waals surface area contributed by atoms with E-state index in [-0.39, 0.29) is 0 Å². The maximum Gasteiger partial charge on any atom is 0.130 e. The number of hydrogen-bond donors (Lipinski definition) is 1. The molecule has 0 bridgehead atoms. The Labute approximate surface area is 126 Å². The van der Waals surface area contributed by atoms with Crippen molar-refractivity contribution >= 4 is 5.82 Å². The fourth-order valence-electron chi connectivity index (χ4n) is 2.58. The summed E-state index contributed by atoms with van der Waals surface area (Å²) in [6.07, 6.45) is 1.79. The minimum atomic E-state index is 0.297. The summed E-state index contributed by atoms with van der Waals surface area (Å²) in [7, 11) is 1.99. The van der Waals surface area contributed by atoms with Crippen molar-refractivity contribution in [2.24, 2.45) is 7.05 Å². The van der Waals surface area contributed by atoms with Gasteiger partial charge in [0.1, 0.15) is 11.6 Å². The first-order valence-corrected chi connectivity index (χ1v) is 7.50. The van der Waals surface area contributed by atoms with E-state index < -0.39 is 0 Å². The topological polar surface area (TPSA) is 55.6 Å². The van der Waals surface area contributed by atoms with Crippen LogP contribution in [0.2, 0.25) is 0 Å². The predicted octanol–water partition coefficient (Wildman–Crippen LogP) is 2.74. The van der Waals surface area contributed by atoms with Crippen LogP contribution in [0.15, 0.2) is 6.07 Å². The number of rotatable bonds is 5. The summed E-state index contributed by atoms with van der Waals surface area (Å²) in [5.74, 6) is 1.80. The highest BCUT2D eigenvalue weighted by Gasteiger charge is 2.13. The molecule has 5 heteroatoms. The van der Waals surface area contributed by atoms with Crippen LogP contribution in [0.5, 0.6) is 0 Å². The van der Waals surface area contributed by atoms with Gasteiger partial charge in [0.2, 0.25) is 0 Å². The summed E-state index contributed by atoms with van der Waals surface area (Å²) in [6.45, 7) is 10.4. The van der Waals surface area contributed by atoms with Crippen molar-refractivity contribution in [2.75, 3.05) is 5.32 Å². The number of nitrogens with zero attached hydrogens (tertiary/aromatic N) is 4. The summed E-state index contributed by atoms with van der Waals surface area (Å²) < 4.78 is 1.95. The van der Waals surface area contributed by atoms with Crippen molar-refractivity contribution < 1.29 is 0 Å². The van der Waals surface area contributed by atoms with Gasteiger partial charge in [0, 0.05) is 37.0 Å². The van der Waals surface area contributed by atoms with E-state index in [0.29, 0.717) is 6.04 Å². The summed E-state index contributed by atoms with van der Waals surface area (Å²) in [5, 5.41) is 7.96. The Morgan fingerprint density at radius 1 is 1.24 bits per heavy atom. The number of aryl methyl sites for hydroxylation is 4. The second-order valence-electron chi connectivity index (χ2n) is 5.69. The standard InChI is InChI=1S/C16H25N5/c1-7-15-17-11(3)9-16(19-15)18-10(2)8-14-12(4)20-21(6)13(14)5/h9-10H,7-8H2,1-6H3,(H,17,18,19)/t10-/m0/s1. The van der Waals surface area contributed by atoms with E-state index in [1.807, 2.05) is 24.7 Å². The van der Waals surface area contributed by atoms with Crippen LogP contribution in [0.4, 0.5) is 5.82 Å². The van der Waals surface area contributed by atoms with Gasteiger partial charge in [-0.3, -0.25) is 4.68 Å². The molecule has 0 saturated heterocycles. The Morgan fingerprint density at radius 2 is 1.95 bits per heavy atom.